The molecule has 5 rings (SSSR count). The number of anilines is 2. The van der Waals surface area contributed by atoms with Gasteiger partial charge in [0.05, 0.1) is 26.1 Å². The molecule has 4 aliphatic rings. The van der Waals surface area contributed by atoms with Gasteiger partial charge in [0.1, 0.15) is 17.6 Å². The van der Waals surface area contributed by atoms with E-state index >= 15 is 0 Å². The van der Waals surface area contributed by atoms with Crippen molar-refractivity contribution in [2.75, 3.05) is 69.1 Å². The summed E-state index contributed by atoms with van der Waals surface area (Å²) in [6, 6.07) is 0.295. The monoisotopic (exact) mass is 507 g/mol. The molecule has 192 valence electrons. The van der Waals surface area contributed by atoms with E-state index < -0.39 is 11.2 Å². The Labute approximate surface area is 208 Å². The number of esters is 1. The van der Waals surface area contributed by atoms with Crippen molar-refractivity contribution in [1.82, 2.24) is 14.9 Å². The molecule has 11 nitrogen and oxygen atoms in total. The summed E-state index contributed by atoms with van der Waals surface area (Å²) in [6.07, 6.45) is 3.11. The van der Waals surface area contributed by atoms with E-state index in [0.29, 0.717) is 63.2 Å². The van der Waals surface area contributed by atoms with Gasteiger partial charge < -0.3 is 33.5 Å². The largest absolute Gasteiger partial charge is 0.611 e. The molecular weight excluding hydrogens is 474 g/mol. The number of hydrogen-bond donors (Lipinski definition) is 0. The van der Waals surface area contributed by atoms with Crippen molar-refractivity contribution in [3.8, 4) is 0 Å². The fourth-order valence-corrected chi connectivity index (χ4v) is 6.54. The number of carbonyl (C=O) groups excluding carboxylic acids is 2. The van der Waals surface area contributed by atoms with Crippen LogP contribution in [0.2, 0.25) is 0 Å². The van der Waals surface area contributed by atoms with E-state index in [4.69, 9.17) is 24.2 Å². The predicted octanol–water partition coefficient (Wildman–Crippen LogP) is 0.966. The van der Waals surface area contributed by atoms with Gasteiger partial charge in [-0.3, -0.25) is 4.79 Å². The van der Waals surface area contributed by atoms with Gasteiger partial charge in [0.15, 0.2) is 5.82 Å². The summed E-state index contributed by atoms with van der Waals surface area (Å²) in [5, 5.41) is 0. The first-order valence-corrected chi connectivity index (χ1v) is 13.6. The lowest BCUT2D eigenvalue weighted by atomic mass is 9.97. The van der Waals surface area contributed by atoms with Gasteiger partial charge in [-0.25, -0.2) is 9.78 Å². The fraction of sp³-hybridized carbons (Fsp3) is 0.739. The second kappa shape index (κ2) is 10.4. The zero-order valence-corrected chi connectivity index (χ0v) is 21.1. The number of fused-ring (bicyclic) bond motifs is 1. The molecule has 0 spiro atoms. The van der Waals surface area contributed by atoms with Crippen molar-refractivity contribution in [3.05, 3.63) is 5.69 Å². The Morgan fingerprint density at radius 1 is 1.14 bits per heavy atom. The van der Waals surface area contributed by atoms with Crippen LogP contribution < -0.4 is 9.80 Å². The maximum Gasteiger partial charge on any atom is 0.409 e. The molecule has 0 N–H and O–H groups in total. The number of hydrogen-bond acceptors (Lipinski definition) is 10. The Morgan fingerprint density at radius 3 is 2.54 bits per heavy atom. The molecule has 0 aromatic carbocycles. The van der Waals surface area contributed by atoms with Gasteiger partial charge in [-0.1, -0.05) is 0 Å². The van der Waals surface area contributed by atoms with Gasteiger partial charge in [0.25, 0.3) is 0 Å². The molecule has 5 heterocycles. The van der Waals surface area contributed by atoms with Crippen molar-refractivity contribution in [3.63, 3.8) is 0 Å². The minimum atomic E-state index is -1.08. The van der Waals surface area contributed by atoms with E-state index in [2.05, 4.69) is 4.90 Å². The maximum atomic E-state index is 12.7. The van der Waals surface area contributed by atoms with Crippen LogP contribution in [0.3, 0.4) is 0 Å². The number of aryl methyl sites for hydroxylation is 1. The Bertz CT molecular complexity index is 947. The van der Waals surface area contributed by atoms with E-state index in [0.717, 1.165) is 42.5 Å². The Morgan fingerprint density at radius 2 is 1.86 bits per heavy atom. The third-order valence-corrected chi connectivity index (χ3v) is 8.85. The average molecular weight is 508 g/mol. The topological polar surface area (TPSA) is 120 Å². The molecule has 35 heavy (non-hydrogen) atoms. The van der Waals surface area contributed by atoms with Crippen LogP contribution in [0.5, 0.6) is 0 Å². The Balaban J connectivity index is 1.20. The summed E-state index contributed by atoms with van der Waals surface area (Å²) < 4.78 is 28.7. The number of nitrogens with zero attached hydrogens (tertiary/aromatic N) is 5. The predicted molar refractivity (Wildman–Crippen MR) is 128 cm³/mol. The normalized spacial score (nSPS) is 23.6. The lowest BCUT2D eigenvalue weighted by Crippen LogP contribution is -2.54. The highest BCUT2D eigenvalue weighted by Gasteiger charge is 2.39. The maximum absolute atomic E-state index is 12.7. The highest BCUT2D eigenvalue weighted by molar-refractivity contribution is 7.91. The number of piperidine rings is 1. The van der Waals surface area contributed by atoms with Crippen molar-refractivity contribution < 1.29 is 28.4 Å². The van der Waals surface area contributed by atoms with Crippen LogP contribution in [0.1, 0.15) is 31.4 Å². The van der Waals surface area contributed by atoms with Crippen LogP contribution in [0, 0.1) is 5.92 Å². The van der Waals surface area contributed by atoms with Crippen LogP contribution >= 0.6 is 0 Å². The molecule has 3 saturated heterocycles. The van der Waals surface area contributed by atoms with E-state index in [1.54, 1.807) is 4.90 Å². The summed E-state index contributed by atoms with van der Waals surface area (Å²) in [5.41, 5.74) is 0.861. The van der Waals surface area contributed by atoms with Gasteiger partial charge in [-0.15, -0.1) is 0 Å². The first-order chi connectivity index (χ1) is 16.9. The molecule has 12 heteroatoms. The third kappa shape index (κ3) is 5.01. The molecule has 0 radical (unpaired) electrons. The van der Waals surface area contributed by atoms with Gasteiger partial charge in [-0.2, -0.15) is 4.98 Å². The molecule has 1 atom stereocenters. The van der Waals surface area contributed by atoms with Gasteiger partial charge in [0, 0.05) is 45.8 Å². The smallest absolute Gasteiger partial charge is 0.409 e. The van der Waals surface area contributed by atoms with E-state index in [9.17, 15) is 14.1 Å². The summed E-state index contributed by atoms with van der Waals surface area (Å²) in [4.78, 5) is 40.4. The second-order valence-electron chi connectivity index (χ2n) is 9.57. The average Bonchev–Trinajstić information content (AvgIpc) is 3.25. The third-order valence-electron chi connectivity index (χ3n) is 7.41. The summed E-state index contributed by atoms with van der Waals surface area (Å²) in [5.74, 6) is 1.54. The quantitative estimate of drug-likeness (QED) is 0.421. The van der Waals surface area contributed by atoms with E-state index in [-0.39, 0.29) is 24.1 Å². The molecule has 0 bridgehead atoms. The van der Waals surface area contributed by atoms with Gasteiger partial charge >= 0.3 is 12.1 Å². The number of likely N-dealkylation sites (tertiary alicyclic amines) is 1. The highest BCUT2D eigenvalue weighted by Crippen LogP contribution is 2.36. The van der Waals surface area contributed by atoms with E-state index in [1.807, 2.05) is 11.9 Å². The number of carbonyl (C=O) groups is 2. The first-order valence-electron chi connectivity index (χ1n) is 12.3. The number of methoxy groups -OCH3 is 1. The highest BCUT2D eigenvalue weighted by atomic mass is 32.2. The van der Waals surface area contributed by atoms with Gasteiger partial charge in [-0.05, 0) is 36.9 Å². The number of aromatic nitrogens is 2. The van der Waals surface area contributed by atoms with Crippen molar-refractivity contribution in [1.29, 1.82) is 0 Å². The molecular formula is C23H33N5O6S. The van der Waals surface area contributed by atoms with Crippen LogP contribution in [-0.4, -0.2) is 103 Å². The standard InChI is InChI=1S/C23H33N5O6S/c1-26(16-5-10-33-11-6-16)20-19-18(7-12-35(19)31)24-22(25-20)28-13-17(14-28)34-21(29)15-3-8-27(9-4-15)23(30)32-2/h15-17H,3-14H2,1-2H3. The molecule has 4 aliphatic heterocycles. The molecule has 1 unspecified atom stereocenters. The molecule has 1 amide bonds. The SMILES string of the molecule is COC(=O)N1CCC(C(=O)OC2CN(c3nc4c(c(N(C)C5CCOCC5)n3)[S+]([O-])CC4)C2)CC1. The van der Waals surface area contributed by atoms with Crippen LogP contribution in [-0.2, 0) is 36.6 Å². The number of amides is 1. The first kappa shape index (κ1) is 24.4. The molecule has 3 fully saturated rings. The van der Waals surface area contributed by atoms with Crippen LogP contribution in [0.25, 0.3) is 0 Å². The number of rotatable bonds is 5. The second-order valence-corrected chi connectivity index (χ2v) is 11.1. The Hall–Kier alpha value is -2.31. The lowest BCUT2D eigenvalue weighted by Gasteiger charge is -2.40. The minimum absolute atomic E-state index is 0.198. The van der Waals surface area contributed by atoms with Crippen LogP contribution in [0.15, 0.2) is 4.90 Å². The molecule has 1 aromatic heterocycles. The fourth-order valence-electron chi connectivity index (χ4n) is 5.15. The zero-order chi connectivity index (χ0) is 24.5. The summed E-state index contributed by atoms with van der Waals surface area (Å²) >= 11 is -1.08. The van der Waals surface area contributed by atoms with Crippen molar-refractivity contribution in [2.24, 2.45) is 5.92 Å². The van der Waals surface area contributed by atoms with Crippen LogP contribution in [0.4, 0.5) is 16.6 Å². The molecule has 0 aliphatic carbocycles. The molecule has 0 saturated carbocycles. The van der Waals surface area contributed by atoms with E-state index in [1.165, 1.54) is 7.11 Å². The minimum Gasteiger partial charge on any atom is -0.611 e. The van der Waals surface area contributed by atoms with Crippen molar-refractivity contribution >= 4 is 35.0 Å². The number of ether oxygens (including phenoxy) is 3. The zero-order valence-electron chi connectivity index (χ0n) is 20.3. The summed E-state index contributed by atoms with van der Waals surface area (Å²) in [6.45, 7) is 3.51. The van der Waals surface area contributed by atoms with Gasteiger partial charge in [0.2, 0.25) is 10.8 Å². The Kier molecular flexibility index (Phi) is 7.21. The summed E-state index contributed by atoms with van der Waals surface area (Å²) in [7, 11) is 3.38. The lowest BCUT2D eigenvalue weighted by molar-refractivity contribution is -0.156. The van der Waals surface area contributed by atoms with Crippen molar-refractivity contribution in [2.45, 2.75) is 49.1 Å². The molecule has 1 aromatic rings.